The largest absolute Gasteiger partial charge is 0.334 e. The quantitative estimate of drug-likeness (QED) is 0.671. The van der Waals surface area contributed by atoms with Crippen LogP contribution in [0.3, 0.4) is 0 Å². The van der Waals surface area contributed by atoms with Crippen LogP contribution in [0.1, 0.15) is 34.1 Å². The second-order valence-electron chi connectivity index (χ2n) is 5.68. The molecule has 0 saturated heterocycles. The Bertz CT molecular complexity index is 857. The number of nitrogens with zero attached hydrogens (tertiary/aromatic N) is 2. The molecular formula is C20H18N2OS. The minimum absolute atomic E-state index is 0.0717. The lowest BCUT2D eigenvalue weighted by Gasteiger charge is -2.21. The zero-order valence-corrected chi connectivity index (χ0v) is 14.3. The minimum atomic E-state index is 0.0717. The van der Waals surface area contributed by atoms with Crippen molar-refractivity contribution in [2.24, 2.45) is 0 Å². The number of fused-ring (bicyclic) bond motifs is 1. The van der Waals surface area contributed by atoms with Gasteiger partial charge in [-0.25, -0.2) is 0 Å². The molecular weight excluding hydrogens is 316 g/mol. The molecule has 0 aliphatic heterocycles. The fourth-order valence-corrected chi connectivity index (χ4v) is 3.70. The van der Waals surface area contributed by atoms with E-state index < -0.39 is 0 Å². The molecule has 0 aliphatic rings. The molecule has 0 radical (unpaired) electrons. The summed E-state index contributed by atoms with van der Waals surface area (Å²) < 4.78 is 1.13. The Morgan fingerprint density at radius 3 is 2.58 bits per heavy atom. The molecule has 0 spiro atoms. The van der Waals surface area contributed by atoms with Crippen molar-refractivity contribution in [3.05, 3.63) is 70.6 Å². The van der Waals surface area contributed by atoms with Crippen LogP contribution in [0.4, 0.5) is 0 Å². The Balaban J connectivity index is 1.83. The number of carbonyl (C=O) groups is 1. The average molecular weight is 334 g/mol. The van der Waals surface area contributed by atoms with Crippen molar-refractivity contribution in [3.8, 4) is 6.07 Å². The van der Waals surface area contributed by atoms with E-state index in [1.165, 1.54) is 0 Å². The van der Waals surface area contributed by atoms with Gasteiger partial charge in [0.2, 0.25) is 0 Å². The summed E-state index contributed by atoms with van der Waals surface area (Å²) in [4.78, 5) is 15.6. The zero-order chi connectivity index (χ0) is 16.9. The van der Waals surface area contributed by atoms with Gasteiger partial charge in [0.25, 0.3) is 5.91 Å². The number of nitriles is 1. The van der Waals surface area contributed by atoms with Gasteiger partial charge in [-0.1, -0.05) is 37.3 Å². The number of benzene rings is 2. The zero-order valence-electron chi connectivity index (χ0n) is 13.5. The van der Waals surface area contributed by atoms with E-state index in [1.807, 2.05) is 47.4 Å². The van der Waals surface area contributed by atoms with Crippen LogP contribution in [-0.4, -0.2) is 17.4 Å². The molecule has 3 rings (SSSR count). The monoisotopic (exact) mass is 334 g/mol. The molecule has 1 aromatic heterocycles. The molecule has 0 N–H and O–H groups in total. The normalized spacial score (nSPS) is 10.5. The van der Waals surface area contributed by atoms with Gasteiger partial charge in [-0.05, 0) is 41.6 Å². The summed E-state index contributed by atoms with van der Waals surface area (Å²) >= 11 is 1.54. The lowest BCUT2D eigenvalue weighted by Crippen LogP contribution is -2.30. The number of amides is 1. The summed E-state index contributed by atoms with van der Waals surface area (Å²) in [5.41, 5.74) is 1.67. The summed E-state index contributed by atoms with van der Waals surface area (Å²) in [5.74, 6) is 0.0717. The van der Waals surface area contributed by atoms with Gasteiger partial charge in [-0.15, -0.1) is 11.3 Å². The van der Waals surface area contributed by atoms with E-state index in [4.69, 9.17) is 5.26 Å². The van der Waals surface area contributed by atoms with Crippen molar-refractivity contribution >= 4 is 27.3 Å². The highest BCUT2D eigenvalue weighted by atomic mass is 32.1. The van der Waals surface area contributed by atoms with E-state index in [9.17, 15) is 4.79 Å². The van der Waals surface area contributed by atoms with E-state index in [0.29, 0.717) is 18.7 Å². The number of carbonyl (C=O) groups excluding carboxylic acids is 1. The van der Waals surface area contributed by atoms with Gasteiger partial charge in [-0.3, -0.25) is 4.79 Å². The highest BCUT2D eigenvalue weighted by Gasteiger charge is 2.18. The van der Waals surface area contributed by atoms with Crippen LogP contribution in [0.25, 0.3) is 10.1 Å². The molecule has 24 heavy (non-hydrogen) atoms. The average Bonchev–Trinajstić information content (AvgIpc) is 3.05. The Labute approximate surface area is 145 Å². The third kappa shape index (κ3) is 3.47. The minimum Gasteiger partial charge on any atom is -0.334 e. The molecule has 0 aliphatic carbocycles. The molecule has 0 unspecified atom stereocenters. The summed E-state index contributed by atoms with van der Waals surface area (Å²) in [6, 6.07) is 19.6. The van der Waals surface area contributed by atoms with Crippen molar-refractivity contribution in [1.82, 2.24) is 4.90 Å². The van der Waals surface area contributed by atoms with E-state index >= 15 is 0 Å². The van der Waals surface area contributed by atoms with Gasteiger partial charge in [-0.2, -0.15) is 5.26 Å². The van der Waals surface area contributed by atoms with Crippen molar-refractivity contribution in [1.29, 1.82) is 5.26 Å². The first kappa shape index (κ1) is 16.2. The third-order valence-corrected chi connectivity index (χ3v) is 4.98. The molecule has 120 valence electrons. The number of hydrogen-bond acceptors (Lipinski definition) is 3. The molecule has 1 heterocycles. The predicted octanol–water partition coefficient (Wildman–Crippen LogP) is 4.83. The van der Waals surface area contributed by atoms with E-state index in [2.05, 4.69) is 13.0 Å². The van der Waals surface area contributed by atoms with Crippen molar-refractivity contribution < 1.29 is 4.79 Å². The van der Waals surface area contributed by atoms with Gasteiger partial charge in [0, 0.05) is 17.8 Å². The van der Waals surface area contributed by atoms with Crippen LogP contribution in [-0.2, 0) is 6.54 Å². The highest BCUT2D eigenvalue weighted by Crippen LogP contribution is 2.26. The molecule has 3 aromatic rings. The first-order chi connectivity index (χ1) is 11.7. The smallest absolute Gasteiger partial charge is 0.264 e. The maximum Gasteiger partial charge on any atom is 0.264 e. The van der Waals surface area contributed by atoms with E-state index in [1.54, 1.807) is 23.5 Å². The first-order valence-electron chi connectivity index (χ1n) is 7.98. The number of thiophene rings is 1. The van der Waals surface area contributed by atoms with Crippen molar-refractivity contribution in [2.45, 2.75) is 19.9 Å². The number of hydrogen-bond donors (Lipinski definition) is 0. The lowest BCUT2D eigenvalue weighted by atomic mass is 10.1. The van der Waals surface area contributed by atoms with Crippen LogP contribution >= 0.6 is 11.3 Å². The highest BCUT2D eigenvalue weighted by molar-refractivity contribution is 7.20. The third-order valence-electron chi connectivity index (χ3n) is 3.87. The fraction of sp³-hybridized carbons (Fsp3) is 0.200. The van der Waals surface area contributed by atoms with Crippen LogP contribution in [0.15, 0.2) is 54.6 Å². The standard InChI is InChI=1S/C20H18N2OS/c1-2-11-22(14-16-9-7-15(13-21)8-10-16)20(23)19-12-17-5-3-4-6-18(17)24-19/h3-10,12H,2,11,14H2,1H3. The molecule has 0 fully saturated rings. The predicted molar refractivity (Wildman–Crippen MR) is 98.0 cm³/mol. The summed E-state index contributed by atoms with van der Waals surface area (Å²) in [6.07, 6.45) is 0.910. The first-order valence-corrected chi connectivity index (χ1v) is 8.80. The van der Waals surface area contributed by atoms with Crippen molar-refractivity contribution in [2.75, 3.05) is 6.54 Å². The van der Waals surface area contributed by atoms with E-state index in [0.717, 1.165) is 26.9 Å². The molecule has 0 saturated carbocycles. The van der Waals surface area contributed by atoms with Gasteiger partial charge in [0.15, 0.2) is 0 Å². The summed E-state index contributed by atoms with van der Waals surface area (Å²) in [6.45, 7) is 3.35. The Kier molecular flexibility index (Phi) is 4.93. The Morgan fingerprint density at radius 2 is 1.92 bits per heavy atom. The van der Waals surface area contributed by atoms with Crippen LogP contribution in [0, 0.1) is 11.3 Å². The Morgan fingerprint density at radius 1 is 1.17 bits per heavy atom. The molecule has 1 amide bonds. The van der Waals surface area contributed by atoms with Crippen LogP contribution in [0.2, 0.25) is 0 Å². The fourth-order valence-electron chi connectivity index (χ4n) is 2.67. The molecule has 0 atom stereocenters. The van der Waals surface area contributed by atoms with E-state index in [-0.39, 0.29) is 5.91 Å². The van der Waals surface area contributed by atoms with Crippen molar-refractivity contribution in [3.63, 3.8) is 0 Å². The molecule has 4 heteroatoms. The van der Waals surface area contributed by atoms with Crippen LogP contribution < -0.4 is 0 Å². The summed E-state index contributed by atoms with van der Waals surface area (Å²) in [7, 11) is 0. The lowest BCUT2D eigenvalue weighted by molar-refractivity contribution is 0.0748. The second kappa shape index (κ2) is 7.29. The maximum absolute atomic E-state index is 12.9. The molecule has 3 nitrogen and oxygen atoms in total. The van der Waals surface area contributed by atoms with Gasteiger partial charge >= 0.3 is 0 Å². The summed E-state index contributed by atoms with van der Waals surface area (Å²) in [5, 5.41) is 10.00. The van der Waals surface area contributed by atoms with Gasteiger partial charge in [0.05, 0.1) is 16.5 Å². The van der Waals surface area contributed by atoms with Crippen LogP contribution in [0.5, 0.6) is 0 Å². The second-order valence-corrected chi connectivity index (χ2v) is 6.77. The SMILES string of the molecule is CCCN(Cc1ccc(C#N)cc1)C(=O)c1cc2ccccc2s1. The molecule has 0 bridgehead atoms. The van der Waals surface area contributed by atoms with Gasteiger partial charge in [0.1, 0.15) is 0 Å². The van der Waals surface area contributed by atoms with Gasteiger partial charge < -0.3 is 4.90 Å². The topological polar surface area (TPSA) is 44.1 Å². The number of rotatable bonds is 5. The Hall–Kier alpha value is -2.64. The molecule has 2 aromatic carbocycles. The maximum atomic E-state index is 12.9.